The molecule has 3 aromatic rings. The maximum atomic E-state index is 13.7. The van der Waals surface area contributed by atoms with E-state index in [1.165, 1.54) is 24.3 Å². The number of hydrogen-bond acceptors (Lipinski definition) is 2. The van der Waals surface area contributed by atoms with Crippen molar-refractivity contribution in [2.75, 3.05) is 0 Å². The second kappa shape index (κ2) is 7.38. The van der Waals surface area contributed by atoms with Gasteiger partial charge in [0.25, 0.3) is 5.91 Å². The van der Waals surface area contributed by atoms with Gasteiger partial charge in [-0.2, -0.15) is 13.2 Å². The number of fused-ring (bicyclic) bond motifs is 1. The molecule has 0 spiro atoms. The lowest BCUT2D eigenvalue weighted by Gasteiger charge is -2.10. The Labute approximate surface area is 152 Å². The van der Waals surface area contributed by atoms with Crippen molar-refractivity contribution in [1.29, 1.82) is 0 Å². The third kappa shape index (κ3) is 3.94. The van der Waals surface area contributed by atoms with Crippen molar-refractivity contribution in [1.82, 2.24) is 14.7 Å². The maximum absolute atomic E-state index is 13.7. The Morgan fingerprint density at radius 2 is 1.93 bits per heavy atom. The van der Waals surface area contributed by atoms with Gasteiger partial charge in [0.05, 0.1) is 11.3 Å². The first-order chi connectivity index (χ1) is 12.8. The number of aryl methyl sites for hydroxylation is 1. The number of imidazole rings is 1. The number of nitrogens with one attached hydrogen (secondary N) is 1. The Morgan fingerprint density at radius 1 is 1.19 bits per heavy atom. The Bertz CT molecular complexity index is 979. The molecule has 1 amide bonds. The summed E-state index contributed by atoms with van der Waals surface area (Å²) in [5.74, 6) is -1.07. The normalized spacial score (nSPS) is 11.7. The van der Waals surface area contributed by atoms with Crippen LogP contribution in [0, 0.1) is 5.82 Å². The van der Waals surface area contributed by atoms with Crippen molar-refractivity contribution in [2.45, 2.75) is 32.5 Å². The number of rotatable bonds is 5. The zero-order valence-corrected chi connectivity index (χ0v) is 14.5. The van der Waals surface area contributed by atoms with Crippen LogP contribution in [-0.4, -0.2) is 15.3 Å². The zero-order valence-electron chi connectivity index (χ0n) is 14.5. The fraction of sp³-hybridized carbons (Fsp3) is 0.263. The minimum atomic E-state index is -4.54. The van der Waals surface area contributed by atoms with Gasteiger partial charge in [-0.3, -0.25) is 9.20 Å². The van der Waals surface area contributed by atoms with Gasteiger partial charge in [0.15, 0.2) is 0 Å². The van der Waals surface area contributed by atoms with Crippen LogP contribution in [0.1, 0.15) is 40.7 Å². The predicted octanol–water partition coefficient (Wildman–Crippen LogP) is 4.37. The molecular formula is C19H17F4N3O. The van der Waals surface area contributed by atoms with E-state index < -0.39 is 23.5 Å². The summed E-state index contributed by atoms with van der Waals surface area (Å²) in [6.45, 7) is 1.80. The van der Waals surface area contributed by atoms with Crippen LogP contribution in [0.5, 0.6) is 0 Å². The number of carbonyl (C=O) groups is 1. The SMILES string of the molecule is CCCc1nc2ccc(C(F)(F)F)cn2c1C(=O)NCc1ccccc1F. The van der Waals surface area contributed by atoms with E-state index in [9.17, 15) is 22.4 Å². The number of pyridine rings is 1. The van der Waals surface area contributed by atoms with E-state index in [2.05, 4.69) is 10.3 Å². The highest BCUT2D eigenvalue weighted by Gasteiger charge is 2.32. The summed E-state index contributed by atoms with van der Waals surface area (Å²) in [6, 6.07) is 8.13. The quantitative estimate of drug-likeness (QED) is 0.669. The molecule has 1 N–H and O–H groups in total. The first-order valence-corrected chi connectivity index (χ1v) is 8.41. The monoisotopic (exact) mass is 379 g/mol. The van der Waals surface area contributed by atoms with Crippen LogP contribution in [0.15, 0.2) is 42.6 Å². The van der Waals surface area contributed by atoms with Crippen LogP contribution in [0.3, 0.4) is 0 Å². The Kier molecular flexibility index (Phi) is 5.16. The van der Waals surface area contributed by atoms with Crippen LogP contribution >= 0.6 is 0 Å². The molecule has 0 aliphatic carbocycles. The average molecular weight is 379 g/mol. The minimum Gasteiger partial charge on any atom is -0.347 e. The zero-order chi connectivity index (χ0) is 19.6. The van der Waals surface area contributed by atoms with Crippen molar-refractivity contribution >= 4 is 11.6 Å². The lowest BCUT2D eigenvalue weighted by molar-refractivity contribution is -0.137. The van der Waals surface area contributed by atoms with Gasteiger partial charge in [0, 0.05) is 18.3 Å². The van der Waals surface area contributed by atoms with Crippen LogP contribution in [0.25, 0.3) is 5.65 Å². The molecule has 142 valence electrons. The molecule has 8 heteroatoms. The number of aromatic nitrogens is 2. The molecule has 0 aliphatic heterocycles. The van der Waals surface area contributed by atoms with Crippen LogP contribution in [-0.2, 0) is 19.1 Å². The average Bonchev–Trinajstić information content (AvgIpc) is 2.97. The standard InChI is InChI=1S/C19H17F4N3O/c1-2-5-15-17(18(27)24-10-12-6-3-4-7-14(12)20)26-11-13(19(21,22)23)8-9-16(26)25-15/h3-4,6-9,11H,2,5,10H2,1H3,(H,24,27). The topological polar surface area (TPSA) is 46.4 Å². The van der Waals surface area contributed by atoms with Gasteiger partial charge in [-0.15, -0.1) is 0 Å². The number of hydrogen-bond donors (Lipinski definition) is 1. The van der Waals surface area contributed by atoms with Gasteiger partial charge in [-0.25, -0.2) is 9.37 Å². The first kappa shape index (κ1) is 18.9. The number of halogens is 4. The summed E-state index contributed by atoms with van der Waals surface area (Å²) in [4.78, 5) is 17.0. The van der Waals surface area contributed by atoms with E-state index in [1.54, 1.807) is 6.07 Å². The van der Waals surface area contributed by atoms with Gasteiger partial charge in [0.1, 0.15) is 17.2 Å². The second-order valence-corrected chi connectivity index (χ2v) is 6.07. The number of nitrogens with zero attached hydrogens (tertiary/aromatic N) is 2. The molecule has 2 aromatic heterocycles. The Balaban J connectivity index is 1.98. The first-order valence-electron chi connectivity index (χ1n) is 8.41. The molecule has 2 heterocycles. The molecule has 0 fully saturated rings. The number of alkyl halides is 3. The van der Waals surface area contributed by atoms with Crippen molar-refractivity contribution in [2.24, 2.45) is 0 Å². The van der Waals surface area contributed by atoms with E-state index in [0.717, 1.165) is 16.7 Å². The molecule has 0 radical (unpaired) electrons. The number of benzene rings is 1. The molecular weight excluding hydrogens is 362 g/mol. The van der Waals surface area contributed by atoms with Gasteiger partial charge in [0.2, 0.25) is 0 Å². The maximum Gasteiger partial charge on any atom is 0.417 e. The van der Waals surface area contributed by atoms with E-state index in [4.69, 9.17) is 0 Å². The van der Waals surface area contributed by atoms with E-state index in [1.807, 2.05) is 6.92 Å². The highest BCUT2D eigenvalue weighted by molar-refractivity contribution is 5.94. The van der Waals surface area contributed by atoms with Crippen LogP contribution < -0.4 is 5.32 Å². The third-order valence-electron chi connectivity index (χ3n) is 4.12. The summed E-state index contributed by atoms with van der Waals surface area (Å²) in [7, 11) is 0. The van der Waals surface area contributed by atoms with Crippen molar-refractivity contribution in [3.05, 3.63) is 70.9 Å². The predicted molar refractivity (Wildman–Crippen MR) is 91.8 cm³/mol. The molecule has 0 aliphatic rings. The largest absolute Gasteiger partial charge is 0.417 e. The van der Waals surface area contributed by atoms with Crippen molar-refractivity contribution in [3.8, 4) is 0 Å². The molecule has 0 saturated heterocycles. The van der Waals surface area contributed by atoms with Gasteiger partial charge >= 0.3 is 6.18 Å². The molecule has 1 aromatic carbocycles. The van der Waals surface area contributed by atoms with E-state index >= 15 is 0 Å². The number of carbonyl (C=O) groups excluding carboxylic acids is 1. The minimum absolute atomic E-state index is 0.0364. The van der Waals surface area contributed by atoms with E-state index in [-0.39, 0.29) is 23.4 Å². The van der Waals surface area contributed by atoms with Gasteiger partial charge in [-0.05, 0) is 24.6 Å². The molecule has 0 saturated carbocycles. The Morgan fingerprint density at radius 3 is 2.59 bits per heavy atom. The highest BCUT2D eigenvalue weighted by atomic mass is 19.4. The summed E-state index contributed by atoms with van der Waals surface area (Å²) in [5, 5.41) is 2.57. The lowest BCUT2D eigenvalue weighted by atomic mass is 10.2. The van der Waals surface area contributed by atoms with Crippen LogP contribution in [0.2, 0.25) is 0 Å². The van der Waals surface area contributed by atoms with Gasteiger partial charge < -0.3 is 5.32 Å². The van der Waals surface area contributed by atoms with Crippen LogP contribution in [0.4, 0.5) is 17.6 Å². The highest BCUT2D eigenvalue weighted by Crippen LogP contribution is 2.30. The lowest BCUT2D eigenvalue weighted by Crippen LogP contribution is -2.26. The molecule has 0 atom stereocenters. The summed E-state index contributed by atoms with van der Waals surface area (Å²) in [6.07, 6.45) is -2.57. The fourth-order valence-electron chi connectivity index (χ4n) is 2.81. The Hall–Kier alpha value is -2.90. The molecule has 0 bridgehead atoms. The molecule has 0 unspecified atom stereocenters. The summed E-state index contributed by atoms with van der Waals surface area (Å²) >= 11 is 0. The van der Waals surface area contributed by atoms with E-state index in [0.29, 0.717) is 18.5 Å². The van der Waals surface area contributed by atoms with Crippen molar-refractivity contribution in [3.63, 3.8) is 0 Å². The smallest absolute Gasteiger partial charge is 0.347 e. The van der Waals surface area contributed by atoms with Crippen molar-refractivity contribution < 1.29 is 22.4 Å². The molecule has 3 rings (SSSR count). The molecule has 4 nitrogen and oxygen atoms in total. The summed E-state index contributed by atoms with van der Waals surface area (Å²) in [5.41, 5.74) is 0.103. The molecule has 27 heavy (non-hydrogen) atoms. The van der Waals surface area contributed by atoms with Gasteiger partial charge in [-0.1, -0.05) is 31.5 Å². The fourth-order valence-corrected chi connectivity index (χ4v) is 2.81. The number of amides is 1. The second-order valence-electron chi connectivity index (χ2n) is 6.07. The summed E-state index contributed by atoms with van der Waals surface area (Å²) < 4.78 is 54.0. The third-order valence-corrected chi connectivity index (χ3v) is 4.12.